The Hall–Kier alpha value is -1.82. The van der Waals surface area contributed by atoms with Gasteiger partial charge in [-0.25, -0.2) is 4.98 Å². The maximum Gasteiger partial charge on any atom is 0.250 e. The molecule has 1 aromatic heterocycles. The summed E-state index contributed by atoms with van der Waals surface area (Å²) in [5, 5.41) is 0.745. The summed E-state index contributed by atoms with van der Waals surface area (Å²) in [4.78, 5) is 4.95. The van der Waals surface area contributed by atoms with Crippen LogP contribution in [0.15, 0.2) is 36.4 Å². The van der Waals surface area contributed by atoms with Crippen LogP contribution in [-0.2, 0) is 4.74 Å². The van der Waals surface area contributed by atoms with Gasteiger partial charge in [-0.3, -0.25) is 0 Å². The fourth-order valence-corrected chi connectivity index (χ4v) is 5.41. The first-order valence-corrected chi connectivity index (χ1v) is 15.7. The van der Waals surface area contributed by atoms with E-state index >= 15 is 0 Å². The smallest absolute Gasteiger partial charge is 0.250 e. The number of rotatable bonds is 7. The molecule has 1 saturated carbocycles. The van der Waals surface area contributed by atoms with Gasteiger partial charge in [-0.05, 0) is 79.4 Å². The van der Waals surface area contributed by atoms with Crippen molar-refractivity contribution in [3.63, 3.8) is 0 Å². The molecule has 1 aliphatic heterocycles. The first kappa shape index (κ1) is 25.3. The van der Waals surface area contributed by atoms with Gasteiger partial charge in [0.1, 0.15) is 5.75 Å². The van der Waals surface area contributed by atoms with Gasteiger partial charge in [-0.1, -0.05) is 50.6 Å². The summed E-state index contributed by atoms with van der Waals surface area (Å²) in [6.45, 7) is 12.8. The summed E-state index contributed by atoms with van der Waals surface area (Å²) in [5.74, 6) is 2.53. The lowest BCUT2D eigenvalue weighted by atomic mass is 9.92. The molecule has 4 rings (SSSR count). The third-order valence-corrected chi connectivity index (χ3v) is 12.1. The SMILES string of the molecule is COc1nc(C(=CC2CCOCC2)c2ccc(O[Si](C)(C)C(C)(C)C)c(Cl)c2)ccc1C1CC1. The van der Waals surface area contributed by atoms with Crippen LogP contribution in [0.1, 0.15) is 69.2 Å². The van der Waals surface area contributed by atoms with Crippen LogP contribution in [0.3, 0.4) is 0 Å². The van der Waals surface area contributed by atoms with Crippen molar-refractivity contribution in [3.05, 3.63) is 58.3 Å². The van der Waals surface area contributed by atoms with Crippen LogP contribution in [0.4, 0.5) is 0 Å². The average molecular weight is 500 g/mol. The molecule has 2 aromatic rings. The number of hydrogen-bond acceptors (Lipinski definition) is 4. The van der Waals surface area contributed by atoms with E-state index in [9.17, 15) is 0 Å². The van der Waals surface area contributed by atoms with Crippen molar-refractivity contribution >= 4 is 25.5 Å². The van der Waals surface area contributed by atoms with E-state index < -0.39 is 8.32 Å². The Morgan fingerprint density at radius 3 is 2.38 bits per heavy atom. The minimum Gasteiger partial charge on any atom is -0.543 e. The van der Waals surface area contributed by atoms with Crippen molar-refractivity contribution in [2.45, 2.75) is 70.5 Å². The lowest BCUT2D eigenvalue weighted by Gasteiger charge is -2.36. The molecule has 184 valence electrons. The van der Waals surface area contributed by atoms with Crippen LogP contribution in [0, 0.1) is 5.92 Å². The van der Waals surface area contributed by atoms with E-state index in [2.05, 4.69) is 58.1 Å². The highest BCUT2D eigenvalue weighted by Gasteiger charge is 2.39. The maximum atomic E-state index is 6.80. The number of halogens is 1. The highest BCUT2D eigenvalue weighted by molar-refractivity contribution is 6.74. The van der Waals surface area contributed by atoms with Gasteiger partial charge in [0.15, 0.2) is 0 Å². The number of methoxy groups -OCH3 is 1. The molecule has 1 aromatic carbocycles. The molecule has 1 saturated heterocycles. The molecular formula is C28H38ClNO3Si. The number of ether oxygens (including phenoxy) is 2. The van der Waals surface area contributed by atoms with Crippen LogP contribution in [0.2, 0.25) is 23.2 Å². The summed E-state index contributed by atoms with van der Waals surface area (Å²) in [6.07, 6.45) is 6.81. The van der Waals surface area contributed by atoms with Gasteiger partial charge >= 0.3 is 0 Å². The molecular weight excluding hydrogens is 462 g/mol. The lowest BCUT2D eigenvalue weighted by Crippen LogP contribution is -2.43. The van der Waals surface area contributed by atoms with Gasteiger partial charge in [-0.15, -0.1) is 0 Å². The van der Waals surface area contributed by atoms with Crippen molar-refractivity contribution in [1.29, 1.82) is 0 Å². The number of benzene rings is 1. The van der Waals surface area contributed by atoms with E-state index in [1.54, 1.807) is 7.11 Å². The van der Waals surface area contributed by atoms with Crippen molar-refractivity contribution in [2.24, 2.45) is 5.92 Å². The van der Waals surface area contributed by atoms with Crippen LogP contribution in [-0.4, -0.2) is 33.6 Å². The number of allylic oxidation sites excluding steroid dienone is 1. The molecule has 0 unspecified atom stereocenters. The summed E-state index contributed by atoms with van der Waals surface area (Å²) in [7, 11) is -0.274. The first-order valence-electron chi connectivity index (χ1n) is 12.4. The zero-order valence-electron chi connectivity index (χ0n) is 21.4. The number of aromatic nitrogens is 1. The van der Waals surface area contributed by atoms with E-state index in [0.29, 0.717) is 16.9 Å². The molecule has 0 spiro atoms. The van der Waals surface area contributed by atoms with E-state index in [1.165, 1.54) is 18.4 Å². The Morgan fingerprint density at radius 2 is 1.79 bits per heavy atom. The van der Waals surface area contributed by atoms with Crippen LogP contribution in [0.25, 0.3) is 5.57 Å². The number of nitrogens with zero attached hydrogens (tertiary/aromatic N) is 1. The molecule has 0 amide bonds. The van der Waals surface area contributed by atoms with E-state index in [0.717, 1.165) is 54.5 Å². The first-order chi connectivity index (χ1) is 16.1. The minimum atomic E-state index is -1.99. The molecule has 2 aliphatic rings. The lowest BCUT2D eigenvalue weighted by molar-refractivity contribution is 0.0786. The molecule has 0 atom stereocenters. The van der Waals surface area contributed by atoms with Crippen molar-refractivity contribution < 1.29 is 13.9 Å². The Balaban J connectivity index is 1.71. The second-order valence-electron chi connectivity index (χ2n) is 11.1. The summed E-state index contributed by atoms with van der Waals surface area (Å²) in [5.41, 5.74) is 4.27. The van der Waals surface area contributed by atoms with Gasteiger partial charge < -0.3 is 13.9 Å². The molecule has 4 nitrogen and oxygen atoms in total. The summed E-state index contributed by atoms with van der Waals surface area (Å²) in [6, 6.07) is 10.5. The fraction of sp³-hybridized carbons (Fsp3) is 0.536. The Kier molecular flexibility index (Phi) is 7.46. The standard InChI is InChI=1S/C28H38ClNO3Si/c1-28(2,3)34(5,6)33-26-12-9-21(18-24(26)29)23(17-19-13-15-32-16-14-19)25-11-10-22(20-7-8-20)27(30-25)31-4/h9-12,17-20H,7-8,13-16H2,1-6H3. The monoisotopic (exact) mass is 499 g/mol. The van der Waals surface area contributed by atoms with Crippen LogP contribution < -0.4 is 9.16 Å². The van der Waals surface area contributed by atoms with E-state index in [4.69, 9.17) is 30.5 Å². The quantitative estimate of drug-likeness (QED) is 0.363. The van der Waals surface area contributed by atoms with Crippen LogP contribution in [0.5, 0.6) is 11.6 Å². The Labute approximate surface area is 210 Å². The second kappa shape index (κ2) is 10.0. The molecule has 0 bridgehead atoms. The second-order valence-corrected chi connectivity index (χ2v) is 16.2. The van der Waals surface area contributed by atoms with E-state index in [1.807, 2.05) is 12.1 Å². The highest BCUT2D eigenvalue weighted by atomic mass is 35.5. The summed E-state index contributed by atoms with van der Waals surface area (Å²) < 4.78 is 17.8. The third-order valence-electron chi connectivity index (χ3n) is 7.46. The zero-order chi connectivity index (χ0) is 24.5. The molecule has 34 heavy (non-hydrogen) atoms. The van der Waals surface area contributed by atoms with Gasteiger partial charge in [0.05, 0.1) is 17.8 Å². The zero-order valence-corrected chi connectivity index (χ0v) is 23.2. The molecule has 0 radical (unpaired) electrons. The number of pyridine rings is 1. The van der Waals surface area contributed by atoms with Gasteiger partial charge in [0, 0.05) is 24.4 Å². The average Bonchev–Trinajstić information content (AvgIpc) is 3.64. The predicted octanol–water partition coefficient (Wildman–Crippen LogP) is 7.86. The van der Waals surface area contributed by atoms with Crippen molar-refractivity contribution in [1.82, 2.24) is 4.98 Å². The summed E-state index contributed by atoms with van der Waals surface area (Å²) >= 11 is 6.80. The molecule has 2 heterocycles. The molecule has 0 N–H and O–H groups in total. The fourth-order valence-electron chi connectivity index (χ4n) is 4.10. The maximum absolute atomic E-state index is 6.80. The topological polar surface area (TPSA) is 40.6 Å². The minimum absolute atomic E-state index is 0.104. The van der Waals surface area contributed by atoms with E-state index in [-0.39, 0.29) is 5.04 Å². The third kappa shape index (κ3) is 5.69. The largest absolute Gasteiger partial charge is 0.543 e. The van der Waals surface area contributed by atoms with Crippen molar-refractivity contribution in [3.8, 4) is 11.6 Å². The predicted molar refractivity (Wildman–Crippen MR) is 143 cm³/mol. The molecule has 1 aliphatic carbocycles. The molecule has 2 fully saturated rings. The van der Waals surface area contributed by atoms with Gasteiger partial charge in [0.2, 0.25) is 5.88 Å². The Morgan fingerprint density at radius 1 is 1.09 bits per heavy atom. The molecule has 6 heteroatoms. The van der Waals surface area contributed by atoms with Gasteiger partial charge in [-0.2, -0.15) is 0 Å². The van der Waals surface area contributed by atoms with Crippen molar-refractivity contribution in [2.75, 3.05) is 20.3 Å². The normalized spacial score (nSPS) is 18.1. The Bertz CT molecular complexity index is 1050. The number of hydrogen-bond donors (Lipinski definition) is 0. The van der Waals surface area contributed by atoms with Crippen LogP contribution >= 0.6 is 11.6 Å². The highest BCUT2D eigenvalue weighted by Crippen LogP contribution is 2.45. The van der Waals surface area contributed by atoms with Gasteiger partial charge in [0.25, 0.3) is 8.32 Å².